The average molecular weight is 311 g/mol. The third-order valence-electron chi connectivity index (χ3n) is 3.16. The van der Waals surface area contributed by atoms with Crippen LogP contribution < -0.4 is 5.32 Å². The van der Waals surface area contributed by atoms with Crippen LogP contribution in [-0.2, 0) is 17.5 Å². The Bertz CT molecular complexity index is 677. The standard InChI is InChI=1S/C15H16F3N3O/c1-3-14(22)19-13-7-10(2)21(20-13)9-11-5-4-6-12(8-11)15(16,17)18/h4-8H,3,9H2,1-2H3,(H,19,20,22). The third-order valence-corrected chi connectivity index (χ3v) is 3.16. The second-order valence-corrected chi connectivity index (χ2v) is 4.93. The predicted octanol–water partition coefficient (Wildman–Crippen LogP) is 3.61. The molecule has 0 aliphatic heterocycles. The Morgan fingerprint density at radius 2 is 2.05 bits per heavy atom. The predicted molar refractivity (Wildman–Crippen MR) is 76.4 cm³/mol. The molecule has 0 spiro atoms. The summed E-state index contributed by atoms with van der Waals surface area (Å²) in [6, 6.07) is 6.80. The van der Waals surface area contributed by atoms with Crippen molar-refractivity contribution in [3.63, 3.8) is 0 Å². The molecule has 1 aromatic carbocycles. The van der Waals surface area contributed by atoms with E-state index in [9.17, 15) is 18.0 Å². The molecule has 0 unspecified atom stereocenters. The summed E-state index contributed by atoms with van der Waals surface area (Å²) in [6.45, 7) is 3.71. The molecular weight excluding hydrogens is 295 g/mol. The van der Waals surface area contributed by atoms with E-state index in [1.807, 2.05) is 0 Å². The van der Waals surface area contributed by atoms with Crippen LogP contribution in [0.1, 0.15) is 30.2 Å². The van der Waals surface area contributed by atoms with E-state index in [1.54, 1.807) is 30.7 Å². The van der Waals surface area contributed by atoms with E-state index in [-0.39, 0.29) is 12.5 Å². The Balaban J connectivity index is 2.19. The highest BCUT2D eigenvalue weighted by molar-refractivity contribution is 5.89. The molecule has 1 aromatic heterocycles. The number of benzene rings is 1. The lowest BCUT2D eigenvalue weighted by Crippen LogP contribution is -2.11. The summed E-state index contributed by atoms with van der Waals surface area (Å²) in [5, 5.41) is 6.81. The van der Waals surface area contributed by atoms with E-state index < -0.39 is 11.7 Å². The number of alkyl halides is 3. The van der Waals surface area contributed by atoms with Crippen molar-refractivity contribution < 1.29 is 18.0 Å². The first-order valence-electron chi connectivity index (χ1n) is 6.80. The van der Waals surface area contributed by atoms with Gasteiger partial charge in [0.1, 0.15) is 0 Å². The number of amides is 1. The normalized spacial score (nSPS) is 11.5. The molecule has 7 heteroatoms. The second kappa shape index (κ2) is 6.21. The van der Waals surface area contributed by atoms with Crippen molar-refractivity contribution in [1.29, 1.82) is 0 Å². The number of aromatic nitrogens is 2. The summed E-state index contributed by atoms with van der Waals surface area (Å²) in [4.78, 5) is 11.3. The maximum atomic E-state index is 12.7. The van der Waals surface area contributed by atoms with Gasteiger partial charge in [-0.05, 0) is 24.6 Å². The highest BCUT2D eigenvalue weighted by Crippen LogP contribution is 2.29. The lowest BCUT2D eigenvalue weighted by Gasteiger charge is -2.09. The number of nitrogens with zero attached hydrogens (tertiary/aromatic N) is 2. The SMILES string of the molecule is CCC(=O)Nc1cc(C)n(Cc2cccc(C(F)(F)F)c2)n1. The van der Waals surface area contributed by atoms with Gasteiger partial charge in [0.2, 0.25) is 5.91 Å². The van der Waals surface area contributed by atoms with Crippen molar-refractivity contribution in [2.75, 3.05) is 5.32 Å². The van der Waals surface area contributed by atoms with Crippen LogP contribution in [0.4, 0.5) is 19.0 Å². The van der Waals surface area contributed by atoms with Gasteiger partial charge in [-0.3, -0.25) is 9.48 Å². The second-order valence-electron chi connectivity index (χ2n) is 4.93. The van der Waals surface area contributed by atoms with Gasteiger partial charge in [-0.1, -0.05) is 19.1 Å². The van der Waals surface area contributed by atoms with E-state index in [0.717, 1.165) is 17.8 Å². The fourth-order valence-corrected chi connectivity index (χ4v) is 1.98. The lowest BCUT2D eigenvalue weighted by molar-refractivity contribution is -0.137. The Hall–Kier alpha value is -2.31. The van der Waals surface area contributed by atoms with Gasteiger partial charge in [-0.2, -0.15) is 18.3 Å². The van der Waals surface area contributed by atoms with Crippen molar-refractivity contribution >= 4 is 11.7 Å². The quantitative estimate of drug-likeness (QED) is 0.937. The van der Waals surface area contributed by atoms with Gasteiger partial charge < -0.3 is 5.32 Å². The number of carbonyl (C=O) groups is 1. The molecule has 0 saturated carbocycles. The Morgan fingerprint density at radius 1 is 1.32 bits per heavy atom. The fraction of sp³-hybridized carbons (Fsp3) is 0.333. The molecule has 0 saturated heterocycles. The fourth-order valence-electron chi connectivity index (χ4n) is 1.98. The van der Waals surface area contributed by atoms with Crippen LogP contribution in [0.5, 0.6) is 0 Å². The van der Waals surface area contributed by atoms with Gasteiger partial charge in [-0.25, -0.2) is 0 Å². The average Bonchev–Trinajstić information content (AvgIpc) is 2.78. The summed E-state index contributed by atoms with van der Waals surface area (Å²) in [6.07, 6.45) is -4.03. The van der Waals surface area contributed by atoms with Crippen LogP contribution >= 0.6 is 0 Å². The number of rotatable bonds is 4. The molecule has 2 rings (SSSR count). The monoisotopic (exact) mass is 311 g/mol. The van der Waals surface area contributed by atoms with Gasteiger partial charge in [-0.15, -0.1) is 0 Å². The van der Waals surface area contributed by atoms with Crippen molar-refractivity contribution in [2.24, 2.45) is 0 Å². The highest BCUT2D eigenvalue weighted by atomic mass is 19.4. The van der Waals surface area contributed by atoms with E-state index >= 15 is 0 Å². The van der Waals surface area contributed by atoms with E-state index in [2.05, 4.69) is 10.4 Å². The number of aryl methyl sites for hydroxylation is 1. The van der Waals surface area contributed by atoms with Gasteiger partial charge in [0.15, 0.2) is 5.82 Å². The van der Waals surface area contributed by atoms with Gasteiger partial charge in [0.05, 0.1) is 12.1 Å². The first-order chi connectivity index (χ1) is 10.3. The number of nitrogens with one attached hydrogen (secondary N) is 1. The molecule has 0 radical (unpaired) electrons. The number of carbonyl (C=O) groups excluding carboxylic acids is 1. The molecule has 0 atom stereocenters. The topological polar surface area (TPSA) is 46.9 Å². The van der Waals surface area contributed by atoms with Gasteiger partial charge in [0, 0.05) is 18.2 Å². The molecule has 118 valence electrons. The zero-order valence-electron chi connectivity index (χ0n) is 12.2. The number of hydrogen-bond donors (Lipinski definition) is 1. The minimum Gasteiger partial charge on any atom is -0.309 e. The number of hydrogen-bond acceptors (Lipinski definition) is 2. The maximum absolute atomic E-state index is 12.7. The number of anilines is 1. The maximum Gasteiger partial charge on any atom is 0.416 e. The van der Waals surface area contributed by atoms with Gasteiger partial charge in [0.25, 0.3) is 0 Å². The van der Waals surface area contributed by atoms with Crippen molar-refractivity contribution in [1.82, 2.24) is 9.78 Å². The highest BCUT2D eigenvalue weighted by Gasteiger charge is 2.30. The van der Waals surface area contributed by atoms with Crippen LogP contribution in [0, 0.1) is 6.92 Å². The van der Waals surface area contributed by atoms with Crippen molar-refractivity contribution in [3.8, 4) is 0 Å². The Kier molecular flexibility index (Phi) is 4.54. The molecule has 2 aromatic rings. The van der Waals surface area contributed by atoms with Crippen LogP contribution in [-0.4, -0.2) is 15.7 Å². The van der Waals surface area contributed by atoms with E-state index in [0.29, 0.717) is 17.8 Å². The smallest absolute Gasteiger partial charge is 0.309 e. The molecule has 1 heterocycles. The first-order valence-corrected chi connectivity index (χ1v) is 6.80. The minimum absolute atomic E-state index is 0.163. The Labute approximate surface area is 125 Å². The van der Waals surface area contributed by atoms with E-state index in [1.165, 1.54) is 6.07 Å². The van der Waals surface area contributed by atoms with E-state index in [4.69, 9.17) is 0 Å². The molecule has 0 bridgehead atoms. The minimum atomic E-state index is -4.37. The molecule has 0 aliphatic carbocycles. The molecule has 1 amide bonds. The number of halogens is 3. The zero-order chi connectivity index (χ0) is 16.3. The lowest BCUT2D eigenvalue weighted by atomic mass is 10.1. The molecule has 22 heavy (non-hydrogen) atoms. The van der Waals surface area contributed by atoms with Crippen molar-refractivity contribution in [3.05, 3.63) is 47.2 Å². The summed E-state index contributed by atoms with van der Waals surface area (Å²) in [5.41, 5.74) is 0.563. The summed E-state index contributed by atoms with van der Waals surface area (Å²) in [5.74, 6) is 0.236. The first kappa shape index (κ1) is 16.1. The molecule has 0 fully saturated rings. The molecule has 0 aliphatic rings. The van der Waals surface area contributed by atoms with Crippen LogP contribution in [0.15, 0.2) is 30.3 Å². The van der Waals surface area contributed by atoms with Crippen LogP contribution in [0.3, 0.4) is 0 Å². The van der Waals surface area contributed by atoms with Gasteiger partial charge >= 0.3 is 6.18 Å². The summed E-state index contributed by atoms with van der Waals surface area (Å²) < 4.78 is 39.7. The summed E-state index contributed by atoms with van der Waals surface area (Å²) in [7, 11) is 0. The Morgan fingerprint density at radius 3 is 2.68 bits per heavy atom. The van der Waals surface area contributed by atoms with Crippen LogP contribution in [0.2, 0.25) is 0 Å². The van der Waals surface area contributed by atoms with Crippen LogP contribution in [0.25, 0.3) is 0 Å². The molecule has 4 nitrogen and oxygen atoms in total. The molecular formula is C15H16F3N3O. The van der Waals surface area contributed by atoms with Crippen molar-refractivity contribution in [2.45, 2.75) is 33.0 Å². The largest absolute Gasteiger partial charge is 0.416 e. The summed E-state index contributed by atoms with van der Waals surface area (Å²) >= 11 is 0. The molecule has 1 N–H and O–H groups in total. The zero-order valence-corrected chi connectivity index (χ0v) is 12.2. The third kappa shape index (κ3) is 3.87.